The summed E-state index contributed by atoms with van der Waals surface area (Å²) in [6.45, 7) is 0. The predicted octanol–water partition coefficient (Wildman–Crippen LogP) is 2.08. The van der Waals surface area contributed by atoms with E-state index in [9.17, 15) is 5.26 Å². The van der Waals surface area contributed by atoms with Crippen molar-refractivity contribution in [3.8, 4) is 12.1 Å². The van der Waals surface area contributed by atoms with E-state index in [2.05, 4.69) is 17.1 Å². The second-order valence-electron chi connectivity index (χ2n) is 4.31. The van der Waals surface area contributed by atoms with Gasteiger partial charge in [-0.25, -0.2) is 4.98 Å². The molecule has 18 heavy (non-hydrogen) atoms. The average molecular weight is 255 g/mol. The Kier molecular flexibility index (Phi) is 2.16. The lowest BCUT2D eigenvalue weighted by atomic mass is 10.0. The van der Waals surface area contributed by atoms with Crippen LogP contribution in [0.5, 0.6) is 0 Å². The second-order valence-corrected chi connectivity index (χ2v) is 5.31. The van der Waals surface area contributed by atoms with Gasteiger partial charge in [-0.1, -0.05) is 0 Å². The minimum atomic E-state index is 0.234. The van der Waals surface area contributed by atoms with Crippen molar-refractivity contribution in [1.82, 2.24) is 4.98 Å². The maximum atomic E-state index is 9.22. The van der Waals surface area contributed by atoms with Crippen molar-refractivity contribution in [3.05, 3.63) is 16.0 Å². The lowest BCUT2D eigenvalue weighted by Gasteiger charge is -2.07. The van der Waals surface area contributed by atoms with Gasteiger partial charge in [0, 0.05) is 5.39 Å². The first kappa shape index (κ1) is 10.8. The molecule has 0 aromatic carbocycles. The van der Waals surface area contributed by atoms with Crippen molar-refractivity contribution in [2.24, 2.45) is 0 Å². The zero-order valence-corrected chi connectivity index (χ0v) is 10.2. The highest BCUT2D eigenvalue weighted by molar-refractivity contribution is 7.19. The SMILES string of the molecule is N#Cc1sc2nc(N)c(C#N)c(C3CC3)c2c1N. The molecule has 1 aliphatic rings. The Bertz CT molecular complexity index is 743. The number of nitrogens with zero attached hydrogens (tertiary/aromatic N) is 3. The van der Waals surface area contributed by atoms with E-state index in [1.165, 1.54) is 11.3 Å². The summed E-state index contributed by atoms with van der Waals surface area (Å²) in [5.41, 5.74) is 13.5. The van der Waals surface area contributed by atoms with E-state index in [0.717, 1.165) is 23.8 Å². The number of hydrogen-bond donors (Lipinski definition) is 2. The fraction of sp³-hybridized carbons (Fsp3) is 0.250. The molecule has 3 rings (SSSR count). The van der Waals surface area contributed by atoms with Gasteiger partial charge in [0.05, 0.1) is 11.3 Å². The first-order valence-corrected chi connectivity index (χ1v) is 6.30. The smallest absolute Gasteiger partial charge is 0.143 e. The minimum absolute atomic E-state index is 0.234. The van der Waals surface area contributed by atoms with Gasteiger partial charge < -0.3 is 11.5 Å². The normalized spacial score (nSPS) is 14.3. The van der Waals surface area contributed by atoms with E-state index in [0.29, 0.717) is 26.9 Å². The summed E-state index contributed by atoms with van der Waals surface area (Å²) in [6.07, 6.45) is 2.06. The first-order chi connectivity index (χ1) is 8.67. The highest BCUT2D eigenvalue weighted by Crippen LogP contribution is 2.48. The van der Waals surface area contributed by atoms with Gasteiger partial charge in [0.25, 0.3) is 0 Å². The zero-order valence-electron chi connectivity index (χ0n) is 9.40. The predicted molar refractivity (Wildman–Crippen MR) is 69.8 cm³/mol. The lowest BCUT2D eigenvalue weighted by molar-refractivity contribution is 1.13. The third-order valence-electron chi connectivity index (χ3n) is 3.14. The third-order valence-corrected chi connectivity index (χ3v) is 4.15. The van der Waals surface area contributed by atoms with Crippen LogP contribution in [0.4, 0.5) is 11.5 Å². The molecule has 2 aromatic heterocycles. The summed E-state index contributed by atoms with van der Waals surface area (Å²) in [7, 11) is 0. The van der Waals surface area contributed by atoms with Crippen LogP contribution >= 0.6 is 11.3 Å². The third kappa shape index (κ3) is 1.33. The Hall–Kier alpha value is -2.31. The molecule has 6 heteroatoms. The van der Waals surface area contributed by atoms with E-state index in [1.54, 1.807) is 0 Å². The minimum Gasteiger partial charge on any atom is -0.396 e. The topological polar surface area (TPSA) is 113 Å². The van der Waals surface area contributed by atoms with Crippen molar-refractivity contribution in [2.45, 2.75) is 18.8 Å². The number of anilines is 2. The number of aromatic nitrogens is 1. The van der Waals surface area contributed by atoms with Gasteiger partial charge >= 0.3 is 0 Å². The van der Waals surface area contributed by atoms with E-state index >= 15 is 0 Å². The molecule has 0 atom stereocenters. The number of fused-ring (bicyclic) bond motifs is 1. The molecule has 0 aliphatic heterocycles. The van der Waals surface area contributed by atoms with Crippen LogP contribution in [0.25, 0.3) is 10.2 Å². The monoisotopic (exact) mass is 255 g/mol. The Morgan fingerprint density at radius 2 is 1.94 bits per heavy atom. The molecule has 2 heterocycles. The van der Waals surface area contributed by atoms with Crippen molar-refractivity contribution in [1.29, 1.82) is 10.5 Å². The van der Waals surface area contributed by atoms with Gasteiger partial charge in [-0.2, -0.15) is 10.5 Å². The molecular weight excluding hydrogens is 246 g/mol. The fourth-order valence-electron chi connectivity index (χ4n) is 2.18. The first-order valence-electron chi connectivity index (χ1n) is 5.49. The summed E-state index contributed by atoms with van der Waals surface area (Å²) in [4.78, 5) is 5.28. The molecule has 1 fully saturated rings. The quantitative estimate of drug-likeness (QED) is 0.810. The number of rotatable bonds is 1. The maximum absolute atomic E-state index is 9.22. The van der Waals surface area contributed by atoms with Gasteiger partial charge in [-0.05, 0) is 24.3 Å². The number of nitrogen functional groups attached to an aromatic ring is 2. The summed E-state index contributed by atoms with van der Waals surface area (Å²) in [5.74, 6) is 0.563. The van der Waals surface area contributed by atoms with E-state index < -0.39 is 0 Å². The van der Waals surface area contributed by atoms with Crippen LogP contribution in [0.1, 0.15) is 34.8 Å². The highest BCUT2D eigenvalue weighted by Gasteiger charge is 2.32. The molecule has 5 nitrogen and oxygen atoms in total. The van der Waals surface area contributed by atoms with Crippen LogP contribution in [-0.4, -0.2) is 4.98 Å². The van der Waals surface area contributed by atoms with Gasteiger partial charge in [0.15, 0.2) is 0 Å². The Morgan fingerprint density at radius 1 is 1.22 bits per heavy atom. The Morgan fingerprint density at radius 3 is 2.50 bits per heavy atom. The van der Waals surface area contributed by atoms with Gasteiger partial charge in [0.1, 0.15) is 27.7 Å². The van der Waals surface area contributed by atoms with Crippen molar-refractivity contribution >= 4 is 33.1 Å². The molecule has 0 bridgehead atoms. The van der Waals surface area contributed by atoms with Crippen LogP contribution in [0.15, 0.2) is 0 Å². The standard InChI is InChI=1S/C12H9N5S/c13-3-6-8(5-1-2-5)9-10(15)7(4-14)18-12(9)17-11(6)16/h5H,1-2,15H2,(H2,16,17). The molecule has 0 spiro atoms. The highest BCUT2D eigenvalue weighted by atomic mass is 32.1. The fourth-order valence-corrected chi connectivity index (χ4v) is 3.10. The molecule has 4 N–H and O–H groups in total. The lowest BCUT2D eigenvalue weighted by Crippen LogP contribution is -2.00. The maximum Gasteiger partial charge on any atom is 0.143 e. The molecular formula is C12H9N5S. The van der Waals surface area contributed by atoms with Crippen LogP contribution in [-0.2, 0) is 0 Å². The Balaban J connectivity index is 2.48. The molecule has 2 aromatic rings. The molecule has 1 saturated carbocycles. The van der Waals surface area contributed by atoms with E-state index in [4.69, 9.17) is 16.7 Å². The number of thiophene rings is 1. The summed E-state index contributed by atoms with van der Waals surface area (Å²) in [6, 6.07) is 4.17. The van der Waals surface area contributed by atoms with Gasteiger partial charge in [-0.3, -0.25) is 0 Å². The second kappa shape index (κ2) is 3.59. The molecule has 1 aliphatic carbocycles. The number of nitriles is 2. The molecule has 0 unspecified atom stereocenters. The van der Waals surface area contributed by atoms with Crippen LogP contribution in [0, 0.1) is 22.7 Å². The van der Waals surface area contributed by atoms with Crippen LogP contribution in [0.2, 0.25) is 0 Å². The molecule has 0 saturated heterocycles. The van der Waals surface area contributed by atoms with Crippen molar-refractivity contribution < 1.29 is 0 Å². The van der Waals surface area contributed by atoms with Crippen molar-refractivity contribution in [3.63, 3.8) is 0 Å². The summed E-state index contributed by atoms with van der Waals surface area (Å²) < 4.78 is 0. The van der Waals surface area contributed by atoms with E-state index in [-0.39, 0.29) is 5.82 Å². The Labute approximate surface area is 107 Å². The summed E-state index contributed by atoms with van der Waals surface area (Å²) >= 11 is 1.23. The van der Waals surface area contributed by atoms with Crippen LogP contribution < -0.4 is 11.5 Å². The number of pyridine rings is 1. The molecule has 0 amide bonds. The van der Waals surface area contributed by atoms with Crippen LogP contribution in [0.3, 0.4) is 0 Å². The average Bonchev–Trinajstić information content (AvgIpc) is 3.14. The van der Waals surface area contributed by atoms with E-state index in [1.807, 2.05) is 0 Å². The summed E-state index contributed by atoms with van der Waals surface area (Å²) in [5, 5.41) is 19.0. The largest absolute Gasteiger partial charge is 0.396 e. The number of hydrogen-bond acceptors (Lipinski definition) is 6. The van der Waals surface area contributed by atoms with Gasteiger partial charge in [0.2, 0.25) is 0 Å². The molecule has 0 radical (unpaired) electrons. The van der Waals surface area contributed by atoms with Crippen molar-refractivity contribution in [2.75, 3.05) is 11.5 Å². The molecule has 88 valence electrons. The number of nitrogens with two attached hydrogens (primary N) is 2. The van der Waals surface area contributed by atoms with Gasteiger partial charge in [-0.15, -0.1) is 11.3 Å². The zero-order chi connectivity index (χ0) is 12.9.